The van der Waals surface area contributed by atoms with Crippen molar-refractivity contribution in [1.29, 1.82) is 0 Å². The molecule has 0 saturated heterocycles. The topological polar surface area (TPSA) is 37.3 Å². The van der Waals surface area contributed by atoms with Crippen LogP contribution in [0.25, 0.3) is 0 Å². The molecule has 2 heteroatoms. The van der Waals surface area contributed by atoms with E-state index in [1.807, 2.05) is 66.7 Å². The fourth-order valence-electron chi connectivity index (χ4n) is 3.14. The van der Waals surface area contributed by atoms with Crippen molar-refractivity contribution < 1.29 is 9.90 Å². The van der Waals surface area contributed by atoms with Gasteiger partial charge in [-0.15, -0.1) is 0 Å². The van der Waals surface area contributed by atoms with Gasteiger partial charge in [0.05, 0.1) is 5.92 Å². The molecular formula is C22H20O2. The molecule has 0 aliphatic rings. The molecule has 0 aliphatic carbocycles. The molecule has 0 saturated carbocycles. The molecule has 0 amide bonds. The van der Waals surface area contributed by atoms with Gasteiger partial charge in [0.25, 0.3) is 0 Å². The van der Waals surface area contributed by atoms with E-state index < -0.39 is 11.9 Å². The molecule has 1 unspecified atom stereocenters. The fourth-order valence-corrected chi connectivity index (χ4v) is 3.14. The summed E-state index contributed by atoms with van der Waals surface area (Å²) in [5.74, 6) is -1.26. The Labute approximate surface area is 142 Å². The summed E-state index contributed by atoms with van der Waals surface area (Å²) in [6.45, 7) is 0. The molecule has 3 rings (SSSR count). The molecular weight excluding hydrogens is 296 g/mol. The Hall–Kier alpha value is -2.87. The van der Waals surface area contributed by atoms with Gasteiger partial charge in [0.1, 0.15) is 0 Å². The first-order valence-corrected chi connectivity index (χ1v) is 8.13. The van der Waals surface area contributed by atoms with Crippen molar-refractivity contribution >= 4 is 5.97 Å². The maximum atomic E-state index is 11.9. The predicted molar refractivity (Wildman–Crippen MR) is 96.2 cm³/mol. The van der Waals surface area contributed by atoms with Crippen LogP contribution in [0.15, 0.2) is 91.0 Å². The van der Waals surface area contributed by atoms with E-state index in [0.29, 0.717) is 6.42 Å². The zero-order chi connectivity index (χ0) is 16.8. The third-order valence-corrected chi connectivity index (χ3v) is 4.38. The van der Waals surface area contributed by atoms with Gasteiger partial charge in [0.2, 0.25) is 0 Å². The van der Waals surface area contributed by atoms with E-state index in [9.17, 15) is 9.90 Å². The molecule has 0 fully saturated rings. The van der Waals surface area contributed by atoms with Crippen LogP contribution in [0.4, 0.5) is 0 Å². The van der Waals surface area contributed by atoms with Crippen LogP contribution in [0.3, 0.4) is 0 Å². The zero-order valence-electron chi connectivity index (χ0n) is 13.4. The van der Waals surface area contributed by atoms with Crippen molar-refractivity contribution in [2.24, 2.45) is 0 Å². The monoisotopic (exact) mass is 316 g/mol. The van der Waals surface area contributed by atoms with E-state index in [4.69, 9.17) is 0 Å². The second kappa shape index (κ2) is 7.60. The van der Waals surface area contributed by atoms with Crippen LogP contribution in [-0.4, -0.2) is 11.1 Å². The van der Waals surface area contributed by atoms with E-state index >= 15 is 0 Å². The molecule has 0 bridgehead atoms. The summed E-state index contributed by atoms with van der Waals surface area (Å²) in [4.78, 5) is 11.9. The van der Waals surface area contributed by atoms with Gasteiger partial charge in [-0.1, -0.05) is 91.0 Å². The Bertz CT molecular complexity index is 727. The first kappa shape index (κ1) is 16.0. The van der Waals surface area contributed by atoms with Crippen LogP contribution >= 0.6 is 0 Å². The Morgan fingerprint density at radius 3 is 1.42 bits per heavy atom. The minimum absolute atomic E-state index is 0.0497. The van der Waals surface area contributed by atoms with Crippen LogP contribution in [0.1, 0.15) is 34.9 Å². The van der Waals surface area contributed by atoms with Gasteiger partial charge in [-0.05, 0) is 23.1 Å². The maximum absolute atomic E-state index is 11.9. The average Bonchev–Trinajstić information content (AvgIpc) is 2.64. The maximum Gasteiger partial charge on any atom is 0.311 e. The number of carboxylic acid groups (broad SMARTS) is 1. The Balaban J connectivity index is 1.98. The summed E-state index contributed by atoms with van der Waals surface area (Å²) in [5.41, 5.74) is 3.14. The Morgan fingerprint density at radius 2 is 1.04 bits per heavy atom. The average molecular weight is 316 g/mol. The zero-order valence-corrected chi connectivity index (χ0v) is 13.4. The molecule has 1 atom stereocenters. The van der Waals surface area contributed by atoms with Gasteiger partial charge in [0, 0.05) is 5.92 Å². The number of carboxylic acids is 1. The van der Waals surface area contributed by atoms with E-state index in [1.54, 1.807) is 0 Å². The molecule has 2 nitrogen and oxygen atoms in total. The summed E-state index contributed by atoms with van der Waals surface area (Å²) >= 11 is 0. The van der Waals surface area contributed by atoms with Crippen molar-refractivity contribution in [2.45, 2.75) is 18.3 Å². The quantitative estimate of drug-likeness (QED) is 0.689. The Morgan fingerprint density at radius 1 is 0.667 bits per heavy atom. The van der Waals surface area contributed by atoms with Crippen molar-refractivity contribution in [3.05, 3.63) is 108 Å². The molecule has 24 heavy (non-hydrogen) atoms. The highest BCUT2D eigenvalue weighted by atomic mass is 16.4. The highest BCUT2D eigenvalue weighted by Gasteiger charge is 2.26. The lowest BCUT2D eigenvalue weighted by Crippen LogP contribution is -2.16. The number of carbonyl (C=O) groups is 1. The summed E-state index contributed by atoms with van der Waals surface area (Å²) in [5, 5.41) is 9.77. The van der Waals surface area contributed by atoms with Gasteiger partial charge < -0.3 is 5.11 Å². The molecule has 0 aromatic heterocycles. The highest BCUT2D eigenvalue weighted by Crippen LogP contribution is 2.35. The van der Waals surface area contributed by atoms with Crippen molar-refractivity contribution in [2.75, 3.05) is 0 Å². The van der Waals surface area contributed by atoms with Crippen LogP contribution in [0.5, 0.6) is 0 Å². The van der Waals surface area contributed by atoms with Crippen molar-refractivity contribution in [3.8, 4) is 0 Å². The second-order valence-electron chi connectivity index (χ2n) is 5.91. The normalized spacial score (nSPS) is 12.0. The van der Waals surface area contributed by atoms with Gasteiger partial charge in [-0.3, -0.25) is 4.79 Å². The molecule has 3 aromatic rings. The largest absolute Gasteiger partial charge is 0.481 e. The van der Waals surface area contributed by atoms with Gasteiger partial charge in [-0.2, -0.15) is 0 Å². The lowest BCUT2D eigenvalue weighted by Gasteiger charge is -2.22. The standard InChI is InChI=1S/C22H20O2/c23-22(24)21(19-14-8-3-9-15-19)16-20(17-10-4-1-5-11-17)18-12-6-2-7-13-18/h1-15,20-21H,16H2,(H,23,24). The van der Waals surface area contributed by atoms with E-state index in [1.165, 1.54) is 0 Å². The predicted octanol–water partition coefficient (Wildman–Crippen LogP) is 5.08. The number of rotatable bonds is 6. The van der Waals surface area contributed by atoms with Crippen LogP contribution in [-0.2, 0) is 4.79 Å². The van der Waals surface area contributed by atoms with E-state index in [-0.39, 0.29) is 5.92 Å². The van der Waals surface area contributed by atoms with Crippen LogP contribution in [0, 0.1) is 0 Å². The minimum atomic E-state index is -0.780. The first-order chi connectivity index (χ1) is 11.8. The highest BCUT2D eigenvalue weighted by molar-refractivity contribution is 5.76. The molecule has 0 radical (unpaired) electrons. The smallest absolute Gasteiger partial charge is 0.311 e. The number of hydrogen-bond donors (Lipinski definition) is 1. The fraction of sp³-hybridized carbons (Fsp3) is 0.136. The molecule has 3 aromatic carbocycles. The van der Waals surface area contributed by atoms with Crippen molar-refractivity contribution in [1.82, 2.24) is 0 Å². The molecule has 120 valence electrons. The summed E-state index contributed by atoms with van der Waals surface area (Å²) in [6, 6.07) is 29.8. The number of hydrogen-bond acceptors (Lipinski definition) is 1. The van der Waals surface area contributed by atoms with Gasteiger partial charge >= 0.3 is 5.97 Å². The number of aliphatic carboxylic acids is 1. The van der Waals surface area contributed by atoms with Gasteiger partial charge in [0.15, 0.2) is 0 Å². The van der Waals surface area contributed by atoms with E-state index in [0.717, 1.165) is 16.7 Å². The third-order valence-electron chi connectivity index (χ3n) is 4.38. The van der Waals surface area contributed by atoms with Crippen molar-refractivity contribution in [3.63, 3.8) is 0 Å². The van der Waals surface area contributed by atoms with Crippen LogP contribution < -0.4 is 0 Å². The Kier molecular flexibility index (Phi) is 5.07. The molecule has 0 spiro atoms. The van der Waals surface area contributed by atoms with Gasteiger partial charge in [-0.25, -0.2) is 0 Å². The first-order valence-electron chi connectivity index (χ1n) is 8.13. The summed E-state index contributed by atoms with van der Waals surface area (Å²) < 4.78 is 0. The number of benzene rings is 3. The summed E-state index contributed by atoms with van der Waals surface area (Å²) in [7, 11) is 0. The molecule has 0 aliphatic heterocycles. The molecule has 0 heterocycles. The second-order valence-corrected chi connectivity index (χ2v) is 5.91. The summed E-state index contributed by atoms with van der Waals surface area (Å²) in [6.07, 6.45) is 0.535. The lowest BCUT2D eigenvalue weighted by atomic mass is 9.81. The molecule has 1 N–H and O–H groups in total. The van der Waals surface area contributed by atoms with Crippen LogP contribution in [0.2, 0.25) is 0 Å². The lowest BCUT2D eigenvalue weighted by molar-refractivity contribution is -0.139. The van der Waals surface area contributed by atoms with E-state index in [2.05, 4.69) is 24.3 Å². The third kappa shape index (κ3) is 3.72. The SMILES string of the molecule is O=C(O)C(CC(c1ccccc1)c1ccccc1)c1ccccc1. The minimum Gasteiger partial charge on any atom is -0.481 e.